The first-order valence-corrected chi connectivity index (χ1v) is 7.53. The van der Waals surface area contributed by atoms with Gasteiger partial charge in [-0.2, -0.15) is 12.7 Å². The third-order valence-electron chi connectivity index (χ3n) is 3.23. The quantitative estimate of drug-likeness (QED) is 0.863. The molecule has 5 nitrogen and oxygen atoms in total. The molecule has 0 bridgehead atoms. The molecule has 1 aromatic rings. The first-order chi connectivity index (χ1) is 8.47. The van der Waals surface area contributed by atoms with E-state index in [-0.39, 0.29) is 6.04 Å². The van der Waals surface area contributed by atoms with Gasteiger partial charge in [-0.05, 0) is 12.5 Å². The second-order valence-electron chi connectivity index (χ2n) is 4.73. The highest BCUT2D eigenvalue weighted by molar-refractivity contribution is 7.86. The lowest BCUT2D eigenvalue weighted by molar-refractivity contribution is 0.138. The molecule has 0 spiro atoms. The predicted molar refractivity (Wildman–Crippen MR) is 71.0 cm³/mol. The van der Waals surface area contributed by atoms with Crippen molar-refractivity contribution in [1.82, 2.24) is 9.21 Å². The fourth-order valence-electron chi connectivity index (χ4n) is 2.38. The number of rotatable bonds is 3. The number of hydrogen-bond acceptors (Lipinski definition) is 3. The number of nitrogens with zero attached hydrogens (tertiary/aromatic N) is 2. The summed E-state index contributed by atoms with van der Waals surface area (Å²) in [5.74, 6) is 0. The van der Waals surface area contributed by atoms with Gasteiger partial charge >= 0.3 is 0 Å². The Kier molecular flexibility index (Phi) is 4.01. The standard InChI is InChI=1S/C12H19N3O2S/c1-11-9-14(7-8-15(11)18(13,16)17)10-12-5-3-2-4-6-12/h2-6,11H,7-10H2,1H3,(H2,13,16,17). The van der Waals surface area contributed by atoms with Gasteiger partial charge in [0.15, 0.2) is 0 Å². The zero-order valence-corrected chi connectivity index (χ0v) is 11.3. The van der Waals surface area contributed by atoms with E-state index in [1.807, 2.05) is 25.1 Å². The van der Waals surface area contributed by atoms with Gasteiger partial charge < -0.3 is 0 Å². The molecule has 1 aromatic carbocycles. The molecule has 18 heavy (non-hydrogen) atoms. The van der Waals surface area contributed by atoms with E-state index >= 15 is 0 Å². The van der Waals surface area contributed by atoms with Crippen molar-refractivity contribution in [3.63, 3.8) is 0 Å². The maximum absolute atomic E-state index is 11.3. The molecule has 0 saturated carbocycles. The molecule has 1 fully saturated rings. The normalized spacial score (nSPS) is 23.1. The van der Waals surface area contributed by atoms with Crippen molar-refractivity contribution in [2.24, 2.45) is 5.14 Å². The Morgan fingerprint density at radius 1 is 1.28 bits per heavy atom. The Balaban J connectivity index is 1.97. The van der Waals surface area contributed by atoms with Gasteiger partial charge in [-0.25, -0.2) is 5.14 Å². The SMILES string of the molecule is CC1CN(Cc2ccccc2)CCN1S(N)(=O)=O. The molecule has 0 radical (unpaired) electrons. The van der Waals surface area contributed by atoms with Crippen LogP contribution in [-0.4, -0.2) is 43.3 Å². The molecule has 2 N–H and O–H groups in total. The van der Waals surface area contributed by atoms with Crippen LogP contribution >= 0.6 is 0 Å². The third kappa shape index (κ3) is 3.29. The number of benzene rings is 1. The Hall–Kier alpha value is -0.950. The van der Waals surface area contributed by atoms with Gasteiger partial charge in [-0.15, -0.1) is 0 Å². The van der Waals surface area contributed by atoms with Crippen molar-refractivity contribution in [1.29, 1.82) is 0 Å². The minimum absolute atomic E-state index is 0.0718. The average molecular weight is 269 g/mol. The minimum atomic E-state index is -3.56. The first kappa shape index (κ1) is 13.5. The molecule has 6 heteroatoms. The molecule has 1 atom stereocenters. The molecule has 1 heterocycles. The Labute approximate surface area is 108 Å². The summed E-state index contributed by atoms with van der Waals surface area (Å²) in [6.07, 6.45) is 0. The van der Waals surface area contributed by atoms with Crippen LogP contribution in [0.4, 0.5) is 0 Å². The number of hydrogen-bond donors (Lipinski definition) is 1. The Bertz CT molecular complexity index is 489. The maximum atomic E-state index is 11.3. The number of nitrogens with two attached hydrogens (primary N) is 1. The summed E-state index contributed by atoms with van der Waals surface area (Å²) in [6.45, 7) is 4.64. The number of piperazine rings is 1. The molecular formula is C12H19N3O2S. The van der Waals surface area contributed by atoms with E-state index in [2.05, 4.69) is 17.0 Å². The van der Waals surface area contributed by atoms with Gasteiger partial charge in [0.1, 0.15) is 0 Å². The molecule has 1 saturated heterocycles. The lowest BCUT2D eigenvalue weighted by atomic mass is 10.1. The molecular weight excluding hydrogens is 250 g/mol. The van der Waals surface area contributed by atoms with Crippen LogP contribution in [-0.2, 0) is 16.8 Å². The third-order valence-corrected chi connectivity index (χ3v) is 4.42. The van der Waals surface area contributed by atoms with Crippen LogP contribution < -0.4 is 5.14 Å². The second kappa shape index (κ2) is 5.36. The summed E-state index contributed by atoms with van der Waals surface area (Å²) in [4.78, 5) is 2.25. The van der Waals surface area contributed by atoms with Gasteiger partial charge in [-0.1, -0.05) is 30.3 Å². The predicted octanol–water partition coefficient (Wildman–Crippen LogP) is 0.396. The largest absolute Gasteiger partial charge is 0.296 e. The topological polar surface area (TPSA) is 66.6 Å². The minimum Gasteiger partial charge on any atom is -0.296 e. The monoisotopic (exact) mass is 269 g/mol. The van der Waals surface area contributed by atoms with Crippen molar-refractivity contribution in [2.45, 2.75) is 19.5 Å². The van der Waals surface area contributed by atoms with Crippen LogP contribution in [0.1, 0.15) is 12.5 Å². The summed E-state index contributed by atoms with van der Waals surface area (Å²) in [5, 5.41) is 5.18. The summed E-state index contributed by atoms with van der Waals surface area (Å²) < 4.78 is 24.1. The van der Waals surface area contributed by atoms with Crippen molar-refractivity contribution >= 4 is 10.2 Å². The summed E-state index contributed by atoms with van der Waals surface area (Å²) in [5.41, 5.74) is 1.24. The Morgan fingerprint density at radius 3 is 2.50 bits per heavy atom. The lowest BCUT2D eigenvalue weighted by Gasteiger charge is -2.37. The molecule has 1 aliphatic heterocycles. The maximum Gasteiger partial charge on any atom is 0.277 e. The molecule has 2 rings (SSSR count). The average Bonchev–Trinajstić information content (AvgIpc) is 2.28. The van der Waals surface area contributed by atoms with Crippen molar-refractivity contribution in [2.75, 3.05) is 19.6 Å². The van der Waals surface area contributed by atoms with Crippen LogP contribution in [0.5, 0.6) is 0 Å². The zero-order chi connectivity index (χ0) is 13.2. The van der Waals surface area contributed by atoms with E-state index in [0.717, 1.165) is 13.1 Å². The summed E-state index contributed by atoms with van der Waals surface area (Å²) >= 11 is 0. The fourth-order valence-corrected chi connectivity index (χ4v) is 3.28. The van der Waals surface area contributed by atoms with Gasteiger partial charge in [0.05, 0.1) is 0 Å². The molecule has 1 unspecified atom stereocenters. The molecule has 0 aliphatic carbocycles. The van der Waals surface area contributed by atoms with Gasteiger partial charge in [-0.3, -0.25) is 4.90 Å². The summed E-state index contributed by atoms with van der Waals surface area (Å²) in [6, 6.07) is 10.1. The van der Waals surface area contributed by atoms with Crippen LogP contribution in [0.3, 0.4) is 0 Å². The van der Waals surface area contributed by atoms with Crippen LogP contribution in [0.25, 0.3) is 0 Å². The second-order valence-corrected chi connectivity index (χ2v) is 6.22. The van der Waals surface area contributed by atoms with E-state index in [4.69, 9.17) is 5.14 Å². The first-order valence-electron chi connectivity index (χ1n) is 6.02. The smallest absolute Gasteiger partial charge is 0.277 e. The van der Waals surface area contributed by atoms with Gasteiger partial charge in [0.2, 0.25) is 0 Å². The Morgan fingerprint density at radius 2 is 1.94 bits per heavy atom. The highest BCUT2D eigenvalue weighted by Crippen LogP contribution is 2.14. The molecule has 0 amide bonds. The fraction of sp³-hybridized carbons (Fsp3) is 0.500. The molecule has 0 aromatic heterocycles. The van der Waals surface area contributed by atoms with E-state index < -0.39 is 10.2 Å². The zero-order valence-electron chi connectivity index (χ0n) is 10.5. The summed E-state index contributed by atoms with van der Waals surface area (Å²) in [7, 11) is -3.56. The van der Waals surface area contributed by atoms with E-state index in [9.17, 15) is 8.42 Å². The van der Waals surface area contributed by atoms with Gasteiger partial charge in [0.25, 0.3) is 10.2 Å². The van der Waals surface area contributed by atoms with Crippen molar-refractivity contribution in [3.8, 4) is 0 Å². The van der Waals surface area contributed by atoms with Crippen LogP contribution in [0.2, 0.25) is 0 Å². The molecule has 1 aliphatic rings. The van der Waals surface area contributed by atoms with E-state index in [1.165, 1.54) is 9.87 Å². The highest BCUT2D eigenvalue weighted by Gasteiger charge is 2.29. The van der Waals surface area contributed by atoms with Crippen LogP contribution in [0, 0.1) is 0 Å². The van der Waals surface area contributed by atoms with Crippen LogP contribution in [0.15, 0.2) is 30.3 Å². The van der Waals surface area contributed by atoms with E-state index in [0.29, 0.717) is 13.1 Å². The molecule has 100 valence electrons. The van der Waals surface area contributed by atoms with Gasteiger partial charge in [0, 0.05) is 32.2 Å². The highest BCUT2D eigenvalue weighted by atomic mass is 32.2. The lowest BCUT2D eigenvalue weighted by Crippen LogP contribution is -2.55. The van der Waals surface area contributed by atoms with E-state index in [1.54, 1.807) is 0 Å². The van der Waals surface area contributed by atoms with Crippen molar-refractivity contribution in [3.05, 3.63) is 35.9 Å². The van der Waals surface area contributed by atoms with Crippen molar-refractivity contribution < 1.29 is 8.42 Å².